The fraction of sp³-hybridized carbons (Fsp3) is 0.321. The predicted molar refractivity (Wildman–Crippen MR) is 145 cm³/mol. The first-order valence-corrected chi connectivity index (χ1v) is 12.4. The highest BCUT2D eigenvalue weighted by Crippen LogP contribution is 2.41. The lowest BCUT2D eigenvalue weighted by Crippen LogP contribution is -2.28. The summed E-state index contributed by atoms with van der Waals surface area (Å²) in [5.74, 6) is -0.541. The van der Waals surface area contributed by atoms with Crippen molar-refractivity contribution in [3.8, 4) is 11.5 Å². The van der Waals surface area contributed by atoms with E-state index in [4.69, 9.17) is 18.9 Å². The standard InChI is InChI=1S/C28H30BrNO7/c1-16-21(24(31)34-18-11-9-8-10-12-18)23(35-26(33)37-28(5,6)7)20-15-17(29)13-14-19(20)22(16)30-25(32)36-27(2,3)4/h8-15H,1-7H3,(H,30,32). The number of fused-ring (bicyclic) bond motifs is 1. The highest BCUT2D eigenvalue weighted by atomic mass is 79.9. The van der Waals surface area contributed by atoms with E-state index in [1.165, 1.54) is 0 Å². The Balaban J connectivity index is 2.23. The number of nitrogens with one attached hydrogen (secondary N) is 1. The van der Waals surface area contributed by atoms with Gasteiger partial charge in [0, 0.05) is 15.2 Å². The van der Waals surface area contributed by atoms with Crippen LogP contribution < -0.4 is 14.8 Å². The highest BCUT2D eigenvalue weighted by Gasteiger charge is 2.29. The number of benzene rings is 3. The molecule has 0 unspecified atom stereocenters. The Labute approximate surface area is 224 Å². The van der Waals surface area contributed by atoms with Crippen LogP contribution in [0.4, 0.5) is 15.3 Å². The maximum atomic E-state index is 13.5. The molecular formula is C28H30BrNO7. The van der Waals surface area contributed by atoms with Crippen molar-refractivity contribution in [1.29, 1.82) is 0 Å². The summed E-state index contributed by atoms with van der Waals surface area (Å²) in [5, 5.41) is 3.64. The molecule has 0 aliphatic carbocycles. The third-order valence-electron chi connectivity index (χ3n) is 4.83. The summed E-state index contributed by atoms with van der Waals surface area (Å²) < 4.78 is 22.7. The maximum absolute atomic E-state index is 13.5. The molecule has 196 valence electrons. The molecule has 3 rings (SSSR count). The summed E-state index contributed by atoms with van der Waals surface area (Å²) >= 11 is 3.43. The number of para-hydroxylation sites is 1. The lowest BCUT2D eigenvalue weighted by atomic mass is 9.97. The van der Waals surface area contributed by atoms with Gasteiger partial charge >= 0.3 is 18.2 Å². The zero-order valence-corrected chi connectivity index (χ0v) is 23.4. The van der Waals surface area contributed by atoms with Crippen molar-refractivity contribution in [2.45, 2.75) is 59.7 Å². The van der Waals surface area contributed by atoms with Gasteiger partial charge < -0.3 is 18.9 Å². The number of carbonyl (C=O) groups excluding carboxylic acids is 3. The number of hydrogen-bond acceptors (Lipinski definition) is 7. The van der Waals surface area contributed by atoms with E-state index in [1.54, 1.807) is 97.0 Å². The van der Waals surface area contributed by atoms with Crippen molar-refractivity contribution in [2.75, 3.05) is 5.32 Å². The summed E-state index contributed by atoms with van der Waals surface area (Å²) in [6, 6.07) is 13.7. The molecule has 0 radical (unpaired) electrons. The molecule has 0 aliphatic rings. The molecule has 0 spiro atoms. The number of rotatable bonds is 4. The molecule has 3 aromatic carbocycles. The van der Waals surface area contributed by atoms with Crippen LogP contribution in [-0.2, 0) is 9.47 Å². The van der Waals surface area contributed by atoms with Crippen molar-refractivity contribution < 1.29 is 33.3 Å². The zero-order valence-electron chi connectivity index (χ0n) is 21.9. The van der Waals surface area contributed by atoms with Gasteiger partial charge in [-0.15, -0.1) is 0 Å². The van der Waals surface area contributed by atoms with E-state index >= 15 is 0 Å². The monoisotopic (exact) mass is 571 g/mol. The molecule has 1 amide bonds. The predicted octanol–water partition coefficient (Wildman–Crippen LogP) is 7.79. The van der Waals surface area contributed by atoms with Crippen LogP contribution in [0.25, 0.3) is 10.8 Å². The third-order valence-corrected chi connectivity index (χ3v) is 5.32. The van der Waals surface area contributed by atoms with Gasteiger partial charge in [0.25, 0.3) is 0 Å². The molecule has 0 atom stereocenters. The number of anilines is 1. The maximum Gasteiger partial charge on any atom is 0.514 e. The molecule has 0 aliphatic heterocycles. The summed E-state index contributed by atoms with van der Waals surface area (Å²) in [6.45, 7) is 12.0. The van der Waals surface area contributed by atoms with Gasteiger partial charge in [-0.2, -0.15) is 0 Å². The third kappa shape index (κ3) is 7.45. The van der Waals surface area contributed by atoms with E-state index in [0.717, 1.165) is 0 Å². The second-order valence-corrected chi connectivity index (χ2v) is 11.2. The van der Waals surface area contributed by atoms with Gasteiger partial charge in [-0.1, -0.05) is 40.2 Å². The van der Waals surface area contributed by atoms with Gasteiger partial charge in [-0.25, -0.2) is 14.4 Å². The number of esters is 1. The van der Waals surface area contributed by atoms with Crippen LogP contribution in [0.2, 0.25) is 0 Å². The van der Waals surface area contributed by atoms with Crippen LogP contribution in [0.5, 0.6) is 11.5 Å². The summed E-state index contributed by atoms with van der Waals surface area (Å²) in [6.07, 6.45) is -1.70. The summed E-state index contributed by atoms with van der Waals surface area (Å²) in [5.41, 5.74) is -0.989. The minimum Gasteiger partial charge on any atom is -0.444 e. The van der Waals surface area contributed by atoms with Crippen LogP contribution in [-0.4, -0.2) is 29.4 Å². The van der Waals surface area contributed by atoms with Gasteiger partial charge in [0.15, 0.2) is 5.75 Å². The molecule has 3 aromatic rings. The first kappa shape index (κ1) is 28.0. The van der Waals surface area contributed by atoms with E-state index in [9.17, 15) is 14.4 Å². The van der Waals surface area contributed by atoms with Crippen molar-refractivity contribution >= 4 is 50.6 Å². The Hall–Kier alpha value is -3.59. The minimum atomic E-state index is -0.991. The molecule has 0 fully saturated rings. The molecule has 0 aromatic heterocycles. The molecule has 37 heavy (non-hydrogen) atoms. The molecule has 0 saturated carbocycles. The molecule has 0 heterocycles. The number of halogens is 1. The van der Waals surface area contributed by atoms with Crippen LogP contribution in [0.3, 0.4) is 0 Å². The van der Waals surface area contributed by atoms with Crippen molar-refractivity contribution in [1.82, 2.24) is 0 Å². The quantitative estimate of drug-likeness (QED) is 0.194. The van der Waals surface area contributed by atoms with Crippen LogP contribution in [0.1, 0.15) is 57.5 Å². The van der Waals surface area contributed by atoms with Gasteiger partial charge in [-0.3, -0.25) is 5.32 Å². The summed E-state index contributed by atoms with van der Waals surface area (Å²) in [4.78, 5) is 38.9. The van der Waals surface area contributed by atoms with Crippen molar-refractivity contribution in [2.24, 2.45) is 0 Å². The number of hydrogen-bond donors (Lipinski definition) is 1. The van der Waals surface area contributed by atoms with E-state index in [0.29, 0.717) is 32.2 Å². The Kier molecular flexibility index (Phi) is 8.17. The Bertz CT molecular complexity index is 1340. The first-order chi connectivity index (χ1) is 17.1. The summed E-state index contributed by atoms with van der Waals surface area (Å²) in [7, 11) is 0. The second kappa shape index (κ2) is 10.8. The fourth-order valence-electron chi connectivity index (χ4n) is 3.47. The Morgan fingerprint density at radius 1 is 0.811 bits per heavy atom. The van der Waals surface area contributed by atoms with Crippen molar-refractivity contribution in [3.63, 3.8) is 0 Å². The van der Waals surface area contributed by atoms with Crippen molar-refractivity contribution in [3.05, 3.63) is 64.1 Å². The SMILES string of the molecule is Cc1c(C(=O)Oc2ccccc2)c(OC(=O)OC(C)(C)C)c2cc(Br)ccc2c1NC(=O)OC(C)(C)C. The van der Waals surface area contributed by atoms with E-state index in [2.05, 4.69) is 21.2 Å². The number of amides is 1. The highest BCUT2D eigenvalue weighted by molar-refractivity contribution is 9.10. The lowest BCUT2D eigenvalue weighted by molar-refractivity contribution is 0.0207. The first-order valence-electron chi connectivity index (χ1n) is 11.6. The zero-order chi connectivity index (χ0) is 27.5. The Morgan fingerprint density at radius 3 is 2.03 bits per heavy atom. The second-order valence-electron chi connectivity index (χ2n) is 10.3. The van der Waals surface area contributed by atoms with Crippen LogP contribution in [0.15, 0.2) is 53.0 Å². The van der Waals surface area contributed by atoms with E-state index in [1.807, 2.05) is 0 Å². The average molecular weight is 572 g/mol. The van der Waals surface area contributed by atoms with Gasteiger partial charge in [0.2, 0.25) is 0 Å². The average Bonchev–Trinajstić information content (AvgIpc) is 2.74. The van der Waals surface area contributed by atoms with Crippen LogP contribution in [0, 0.1) is 6.92 Å². The van der Waals surface area contributed by atoms with Gasteiger partial charge in [0.05, 0.1) is 5.69 Å². The molecule has 8 nitrogen and oxygen atoms in total. The molecule has 0 saturated heterocycles. The van der Waals surface area contributed by atoms with E-state index < -0.39 is 29.4 Å². The molecule has 0 bridgehead atoms. The largest absolute Gasteiger partial charge is 0.514 e. The normalized spacial score (nSPS) is 11.6. The smallest absolute Gasteiger partial charge is 0.444 e. The molecule has 1 N–H and O–H groups in total. The van der Waals surface area contributed by atoms with Crippen LogP contribution >= 0.6 is 15.9 Å². The Morgan fingerprint density at radius 2 is 1.43 bits per heavy atom. The number of ether oxygens (including phenoxy) is 4. The fourth-order valence-corrected chi connectivity index (χ4v) is 3.83. The number of carbonyl (C=O) groups is 3. The topological polar surface area (TPSA) is 100 Å². The van der Waals surface area contributed by atoms with Gasteiger partial charge in [-0.05, 0) is 78.3 Å². The lowest BCUT2D eigenvalue weighted by Gasteiger charge is -2.23. The molecular weight excluding hydrogens is 542 g/mol. The minimum absolute atomic E-state index is 0.0497. The van der Waals surface area contributed by atoms with E-state index in [-0.39, 0.29) is 11.3 Å². The molecule has 9 heteroatoms. The van der Waals surface area contributed by atoms with Gasteiger partial charge in [0.1, 0.15) is 22.5 Å².